The van der Waals surface area contributed by atoms with E-state index in [0.29, 0.717) is 6.61 Å². The summed E-state index contributed by atoms with van der Waals surface area (Å²) in [5, 5.41) is 6.22. The molecule has 0 aliphatic carbocycles. The second-order valence-electron chi connectivity index (χ2n) is 5.88. The number of carbonyl (C=O) groups excluding carboxylic acids is 1. The fourth-order valence-electron chi connectivity index (χ4n) is 2.76. The van der Waals surface area contributed by atoms with Crippen molar-refractivity contribution in [2.24, 2.45) is 4.99 Å². The average molecular weight is 323 g/mol. The minimum absolute atomic E-state index is 0.0355. The number of para-hydroxylation sites is 1. The molecule has 0 saturated carbocycles. The quantitative estimate of drug-likeness (QED) is 0.799. The third-order valence-electron chi connectivity index (χ3n) is 3.91. The molecule has 5 nitrogen and oxygen atoms in total. The van der Waals surface area contributed by atoms with Crippen LogP contribution in [0.5, 0.6) is 0 Å². The molecule has 1 amide bonds. The number of hydrogen-bond donors (Lipinski definition) is 2. The molecular formula is C19H21N3O2. The van der Waals surface area contributed by atoms with Gasteiger partial charge in [0.05, 0.1) is 12.3 Å². The van der Waals surface area contributed by atoms with Gasteiger partial charge >= 0.3 is 0 Å². The Labute approximate surface area is 141 Å². The topological polar surface area (TPSA) is 62.7 Å². The van der Waals surface area contributed by atoms with E-state index in [1.54, 1.807) is 13.3 Å². The van der Waals surface area contributed by atoms with Gasteiger partial charge in [-0.2, -0.15) is 0 Å². The van der Waals surface area contributed by atoms with E-state index in [1.807, 2.05) is 48.5 Å². The van der Waals surface area contributed by atoms with Gasteiger partial charge in [-0.3, -0.25) is 9.79 Å². The Bertz CT molecular complexity index is 741. The largest absolute Gasteiger partial charge is 0.383 e. The summed E-state index contributed by atoms with van der Waals surface area (Å²) in [6, 6.07) is 15.7. The highest BCUT2D eigenvalue weighted by atomic mass is 16.5. The van der Waals surface area contributed by atoms with E-state index in [4.69, 9.17) is 4.74 Å². The van der Waals surface area contributed by atoms with Crippen LogP contribution in [0.15, 0.2) is 53.5 Å². The van der Waals surface area contributed by atoms with E-state index in [2.05, 4.69) is 22.5 Å². The molecule has 0 spiro atoms. The van der Waals surface area contributed by atoms with E-state index >= 15 is 0 Å². The Morgan fingerprint density at radius 3 is 2.75 bits per heavy atom. The molecule has 1 aliphatic heterocycles. The lowest BCUT2D eigenvalue weighted by Crippen LogP contribution is -2.20. The van der Waals surface area contributed by atoms with Gasteiger partial charge < -0.3 is 15.4 Å². The van der Waals surface area contributed by atoms with E-state index in [9.17, 15) is 4.79 Å². The minimum atomic E-state index is -0.333. The molecule has 2 aromatic carbocycles. The maximum absolute atomic E-state index is 12.1. The monoisotopic (exact) mass is 323 g/mol. The van der Waals surface area contributed by atoms with Crippen LogP contribution in [-0.4, -0.2) is 31.9 Å². The fraction of sp³-hybridized carbons (Fsp3) is 0.263. The molecule has 24 heavy (non-hydrogen) atoms. The molecule has 0 fully saturated rings. The molecule has 3 rings (SSSR count). The summed E-state index contributed by atoms with van der Waals surface area (Å²) in [6.07, 6.45) is 1.71. The van der Waals surface area contributed by atoms with E-state index in [1.165, 1.54) is 0 Å². The number of methoxy groups -OCH3 is 1. The highest BCUT2D eigenvalue weighted by molar-refractivity contribution is 6.12. The summed E-state index contributed by atoms with van der Waals surface area (Å²) in [4.78, 5) is 16.5. The van der Waals surface area contributed by atoms with Crippen LogP contribution in [0.4, 0.5) is 17.1 Å². The van der Waals surface area contributed by atoms with Crippen molar-refractivity contribution in [3.8, 4) is 0 Å². The maximum atomic E-state index is 12.1. The van der Waals surface area contributed by atoms with Crippen LogP contribution < -0.4 is 10.6 Å². The van der Waals surface area contributed by atoms with Crippen molar-refractivity contribution in [1.82, 2.24) is 0 Å². The van der Waals surface area contributed by atoms with Crippen molar-refractivity contribution in [1.29, 1.82) is 0 Å². The Morgan fingerprint density at radius 2 is 2.00 bits per heavy atom. The SMILES string of the molecule is COCC(C)Nc1ccc(N=CC2C(=O)Nc3ccccc32)cc1. The van der Waals surface area contributed by atoms with Crippen LogP contribution in [0.25, 0.3) is 0 Å². The van der Waals surface area contributed by atoms with Crippen molar-refractivity contribution >= 4 is 29.2 Å². The van der Waals surface area contributed by atoms with E-state index < -0.39 is 0 Å². The number of aliphatic imine (C=N–C) groups is 1. The van der Waals surface area contributed by atoms with Crippen molar-refractivity contribution in [3.63, 3.8) is 0 Å². The molecule has 2 atom stereocenters. The lowest BCUT2D eigenvalue weighted by atomic mass is 10.0. The number of ether oxygens (including phenoxy) is 1. The molecule has 0 saturated heterocycles. The van der Waals surface area contributed by atoms with Gasteiger partial charge in [0.25, 0.3) is 0 Å². The Kier molecular flexibility index (Phi) is 4.91. The number of anilines is 2. The molecule has 1 heterocycles. The predicted molar refractivity (Wildman–Crippen MR) is 97.4 cm³/mol. The number of rotatable bonds is 6. The number of benzene rings is 2. The van der Waals surface area contributed by atoms with Crippen molar-refractivity contribution in [3.05, 3.63) is 54.1 Å². The van der Waals surface area contributed by atoms with Crippen molar-refractivity contribution in [2.75, 3.05) is 24.4 Å². The average Bonchev–Trinajstić information content (AvgIpc) is 2.90. The Hall–Kier alpha value is -2.66. The van der Waals surface area contributed by atoms with Gasteiger partial charge in [-0.15, -0.1) is 0 Å². The van der Waals surface area contributed by atoms with Gasteiger partial charge in [0, 0.05) is 30.7 Å². The molecule has 0 bridgehead atoms. The summed E-state index contributed by atoms with van der Waals surface area (Å²) < 4.78 is 5.11. The highest BCUT2D eigenvalue weighted by Crippen LogP contribution is 2.31. The van der Waals surface area contributed by atoms with Gasteiger partial charge in [0.1, 0.15) is 5.92 Å². The Morgan fingerprint density at radius 1 is 1.25 bits per heavy atom. The lowest BCUT2D eigenvalue weighted by Gasteiger charge is -2.14. The second kappa shape index (κ2) is 7.27. The molecule has 5 heteroatoms. The van der Waals surface area contributed by atoms with Gasteiger partial charge in [-0.05, 0) is 42.8 Å². The number of hydrogen-bond acceptors (Lipinski definition) is 4. The minimum Gasteiger partial charge on any atom is -0.383 e. The van der Waals surface area contributed by atoms with Gasteiger partial charge in [0.15, 0.2) is 0 Å². The molecule has 2 aromatic rings. The molecule has 1 aliphatic rings. The number of amides is 1. The summed E-state index contributed by atoms with van der Waals surface area (Å²) in [7, 11) is 1.69. The van der Waals surface area contributed by atoms with Crippen LogP contribution in [0.2, 0.25) is 0 Å². The first-order valence-corrected chi connectivity index (χ1v) is 7.97. The number of fused-ring (bicyclic) bond motifs is 1. The van der Waals surface area contributed by atoms with Crippen LogP contribution >= 0.6 is 0 Å². The van der Waals surface area contributed by atoms with Crippen molar-refractivity contribution in [2.45, 2.75) is 18.9 Å². The summed E-state index contributed by atoms with van der Waals surface area (Å²) >= 11 is 0. The number of carbonyl (C=O) groups is 1. The van der Waals surface area contributed by atoms with Crippen LogP contribution in [-0.2, 0) is 9.53 Å². The molecule has 2 N–H and O–H groups in total. The molecule has 0 radical (unpaired) electrons. The van der Waals surface area contributed by atoms with E-state index in [0.717, 1.165) is 22.6 Å². The fourth-order valence-corrected chi connectivity index (χ4v) is 2.76. The predicted octanol–water partition coefficient (Wildman–Crippen LogP) is 3.57. The van der Waals surface area contributed by atoms with Crippen LogP contribution in [0, 0.1) is 0 Å². The first-order chi connectivity index (χ1) is 11.7. The summed E-state index contributed by atoms with van der Waals surface area (Å²) in [5.41, 5.74) is 3.67. The highest BCUT2D eigenvalue weighted by Gasteiger charge is 2.28. The zero-order chi connectivity index (χ0) is 16.9. The Balaban J connectivity index is 1.68. The zero-order valence-electron chi connectivity index (χ0n) is 13.8. The third-order valence-corrected chi connectivity index (χ3v) is 3.91. The van der Waals surface area contributed by atoms with E-state index in [-0.39, 0.29) is 17.9 Å². The van der Waals surface area contributed by atoms with Crippen LogP contribution in [0.3, 0.4) is 0 Å². The normalized spacial score (nSPS) is 17.6. The molecule has 2 unspecified atom stereocenters. The van der Waals surface area contributed by atoms with Crippen LogP contribution in [0.1, 0.15) is 18.4 Å². The summed E-state index contributed by atoms with van der Waals surface area (Å²) in [6.45, 7) is 2.71. The zero-order valence-corrected chi connectivity index (χ0v) is 13.8. The lowest BCUT2D eigenvalue weighted by molar-refractivity contribution is -0.115. The molecule has 0 aromatic heterocycles. The number of nitrogens with one attached hydrogen (secondary N) is 2. The van der Waals surface area contributed by atoms with Gasteiger partial charge in [0.2, 0.25) is 5.91 Å². The third kappa shape index (κ3) is 3.63. The smallest absolute Gasteiger partial charge is 0.237 e. The second-order valence-corrected chi connectivity index (χ2v) is 5.88. The number of nitrogens with zero attached hydrogens (tertiary/aromatic N) is 1. The van der Waals surface area contributed by atoms with Gasteiger partial charge in [-0.1, -0.05) is 18.2 Å². The molecular weight excluding hydrogens is 302 g/mol. The summed E-state index contributed by atoms with van der Waals surface area (Å²) in [5.74, 6) is -0.368. The molecule has 124 valence electrons. The van der Waals surface area contributed by atoms with Gasteiger partial charge in [-0.25, -0.2) is 0 Å². The standard InChI is InChI=1S/C19H21N3O2/c1-13(12-24-2)21-15-9-7-14(8-10-15)20-11-17-16-5-3-4-6-18(16)22-19(17)23/h3-11,13,17,21H,12H2,1-2H3,(H,22,23). The first kappa shape index (κ1) is 16.2. The first-order valence-electron chi connectivity index (χ1n) is 7.97. The van der Waals surface area contributed by atoms with Crippen molar-refractivity contribution < 1.29 is 9.53 Å². The maximum Gasteiger partial charge on any atom is 0.237 e.